The summed E-state index contributed by atoms with van der Waals surface area (Å²) in [6, 6.07) is 15.0. The Morgan fingerprint density at radius 3 is 2.70 bits per heavy atom. The number of rotatable bonds is 8. The van der Waals surface area contributed by atoms with E-state index in [0.717, 1.165) is 24.2 Å². The summed E-state index contributed by atoms with van der Waals surface area (Å²) in [5.74, 6) is -0.320. The molecule has 2 aromatic rings. The molecule has 0 radical (unpaired) electrons. The smallest absolute Gasteiger partial charge is 0.307 e. The van der Waals surface area contributed by atoms with Crippen LogP contribution in [-0.2, 0) is 11.2 Å². The van der Waals surface area contributed by atoms with Crippen LogP contribution in [0.2, 0.25) is 0 Å². The van der Waals surface area contributed by atoms with E-state index < -0.39 is 5.97 Å². The average Bonchev–Trinajstić information content (AvgIpc) is 3.09. The summed E-state index contributed by atoms with van der Waals surface area (Å²) in [7, 11) is 0. The molecule has 2 atom stereocenters. The van der Waals surface area contributed by atoms with Crippen LogP contribution in [0.5, 0.6) is 5.75 Å². The molecule has 0 saturated carbocycles. The number of carboxylic acids is 1. The quantitative estimate of drug-likeness (QED) is 0.699. The fourth-order valence-corrected chi connectivity index (χ4v) is 3.79. The third-order valence-electron chi connectivity index (χ3n) is 5.17. The highest BCUT2D eigenvalue weighted by Crippen LogP contribution is 2.41. The van der Waals surface area contributed by atoms with Crippen molar-refractivity contribution in [3.05, 3.63) is 65.2 Å². The van der Waals surface area contributed by atoms with E-state index in [9.17, 15) is 14.7 Å². The molecule has 2 aromatic carbocycles. The number of carbonyl (C=O) groups excluding carboxylic acids is 1. The zero-order chi connectivity index (χ0) is 19.2. The predicted molar refractivity (Wildman–Crippen MR) is 103 cm³/mol. The summed E-state index contributed by atoms with van der Waals surface area (Å²) in [5.41, 5.74) is 2.93. The Kier molecular flexibility index (Phi) is 6.12. The number of aryl methyl sites for hydroxylation is 1. The molecule has 2 N–H and O–H groups in total. The van der Waals surface area contributed by atoms with Gasteiger partial charge in [-0.1, -0.05) is 31.2 Å². The normalized spacial score (nSPS) is 16.4. The Bertz CT molecular complexity index is 803. The van der Waals surface area contributed by atoms with E-state index in [2.05, 4.69) is 5.32 Å². The highest BCUT2D eigenvalue weighted by Gasteiger charge is 2.33. The Balaban J connectivity index is 1.53. The summed E-state index contributed by atoms with van der Waals surface area (Å²) in [4.78, 5) is 23.4. The minimum absolute atomic E-state index is 0.0849. The van der Waals surface area contributed by atoms with E-state index in [1.54, 1.807) is 12.1 Å². The molecule has 0 heterocycles. The second-order valence-corrected chi connectivity index (χ2v) is 6.83. The third-order valence-corrected chi connectivity index (χ3v) is 5.17. The summed E-state index contributed by atoms with van der Waals surface area (Å²) >= 11 is 0. The Morgan fingerprint density at radius 2 is 2.00 bits per heavy atom. The van der Waals surface area contributed by atoms with Gasteiger partial charge in [-0.25, -0.2) is 0 Å². The maximum Gasteiger partial charge on any atom is 0.307 e. The maximum atomic E-state index is 12.0. The van der Waals surface area contributed by atoms with E-state index in [-0.39, 0.29) is 17.7 Å². The number of hydrogen-bond acceptors (Lipinski definition) is 3. The first-order chi connectivity index (χ1) is 13.1. The van der Waals surface area contributed by atoms with Crippen molar-refractivity contribution in [1.29, 1.82) is 0 Å². The molecular weight excluding hydrogens is 342 g/mol. The molecule has 0 spiro atoms. The van der Waals surface area contributed by atoms with Gasteiger partial charge in [0.1, 0.15) is 12.4 Å². The van der Waals surface area contributed by atoms with Crippen LogP contribution in [0.25, 0.3) is 0 Å². The van der Waals surface area contributed by atoms with Gasteiger partial charge in [-0.15, -0.1) is 0 Å². The van der Waals surface area contributed by atoms with Crippen LogP contribution < -0.4 is 10.1 Å². The van der Waals surface area contributed by atoms with Crippen LogP contribution in [-0.4, -0.2) is 30.1 Å². The van der Waals surface area contributed by atoms with Crippen molar-refractivity contribution in [3.8, 4) is 5.75 Å². The number of nitrogens with one attached hydrogen (secondary N) is 1. The van der Waals surface area contributed by atoms with Crippen molar-refractivity contribution in [2.45, 2.75) is 32.1 Å². The largest absolute Gasteiger partial charge is 0.492 e. The van der Waals surface area contributed by atoms with Gasteiger partial charge in [0, 0.05) is 5.56 Å². The first-order valence-electron chi connectivity index (χ1n) is 9.41. The van der Waals surface area contributed by atoms with Crippen LogP contribution in [0.4, 0.5) is 0 Å². The molecule has 2 unspecified atom stereocenters. The molecule has 3 rings (SSSR count). The van der Waals surface area contributed by atoms with Gasteiger partial charge in [0.05, 0.1) is 12.5 Å². The number of amides is 1. The Hall–Kier alpha value is -2.82. The predicted octanol–water partition coefficient (Wildman–Crippen LogP) is 3.64. The summed E-state index contributed by atoms with van der Waals surface area (Å²) in [5, 5.41) is 12.3. The summed E-state index contributed by atoms with van der Waals surface area (Å²) in [6.07, 6.45) is 2.39. The zero-order valence-electron chi connectivity index (χ0n) is 15.5. The summed E-state index contributed by atoms with van der Waals surface area (Å²) in [6.45, 7) is 2.73. The van der Waals surface area contributed by atoms with E-state index in [1.807, 2.05) is 43.3 Å². The fraction of sp³-hybridized carbons (Fsp3) is 0.364. The standard InChI is InChI=1S/C22H25NO4/c1-2-18(22(25)26)20-10-8-16-14-17(9-11-19(16)20)27-13-12-23-21(24)15-6-4-3-5-7-15/h3-7,9,11,14,18,20H,2,8,10,12-13H2,1H3,(H,23,24)(H,25,26). The van der Waals surface area contributed by atoms with Crippen molar-refractivity contribution in [2.24, 2.45) is 5.92 Å². The number of carbonyl (C=O) groups is 2. The first kappa shape index (κ1) is 19.0. The van der Waals surface area contributed by atoms with E-state index in [0.29, 0.717) is 25.1 Å². The average molecular weight is 367 g/mol. The molecule has 0 aromatic heterocycles. The minimum Gasteiger partial charge on any atom is -0.492 e. The molecule has 1 aliphatic rings. The highest BCUT2D eigenvalue weighted by atomic mass is 16.5. The maximum absolute atomic E-state index is 12.0. The number of fused-ring (bicyclic) bond motifs is 1. The van der Waals surface area contributed by atoms with Crippen LogP contribution >= 0.6 is 0 Å². The van der Waals surface area contributed by atoms with Crippen LogP contribution in [0.3, 0.4) is 0 Å². The summed E-state index contributed by atoms with van der Waals surface area (Å²) < 4.78 is 5.76. The van der Waals surface area contributed by atoms with Crippen molar-refractivity contribution < 1.29 is 19.4 Å². The second-order valence-electron chi connectivity index (χ2n) is 6.83. The molecular formula is C22H25NO4. The lowest BCUT2D eigenvalue weighted by atomic mass is 9.85. The monoisotopic (exact) mass is 367 g/mol. The van der Waals surface area contributed by atoms with Gasteiger partial charge in [-0.3, -0.25) is 9.59 Å². The lowest BCUT2D eigenvalue weighted by Crippen LogP contribution is -2.28. The number of ether oxygens (including phenoxy) is 1. The Morgan fingerprint density at radius 1 is 1.22 bits per heavy atom. The van der Waals surface area contributed by atoms with Crippen molar-refractivity contribution in [3.63, 3.8) is 0 Å². The fourth-order valence-electron chi connectivity index (χ4n) is 3.79. The van der Waals surface area contributed by atoms with Gasteiger partial charge in [0.2, 0.25) is 0 Å². The van der Waals surface area contributed by atoms with E-state index in [1.165, 1.54) is 5.56 Å². The topological polar surface area (TPSA) is 75.6 Å². The minimum atomic E-state index is -0.718. The van der Waals surface area contributed by atoms with Gasteiger partial charge >= 0.3 is 5.97 Å². The lowest BCUT2D eigenvalue weighted by molar-refractivity contribution is -0.142. The van der Waals surface area contributed by atoms with Gasteiger partial charge in [0.25, 0.3) is 5.91 Å². The Labute approximate surface area is 159 Å². The molecule has 1 amide bonds. The van der Waals surface area contributed by atoms with Crippen LogP contribution in [0.15, 0.2) is 48.5 Å². The number of benzene rings is 2. The van der Waals surface area contributed by atoms with Gasteiger partial charge < -0.3 is 15.2 Å². The highest BCUT2D eigenvalue weighted by molar-refractivity contribution is 5.94. The van der Waals surface area contributed by atoms with Gasteiger partial charge in [-0.05, 0) is 60.6 Å². The van der Waals surface area contributed by atoms with Gasteiger partial charge in [0.15, 0.2) is 0 Å². The lowest BCUT2D eigenvalue weighted by Gasteiger charge is -2.19. The van der Waals surface area contributed by atoms with Crippen molar-refractivity contribution >= 4 is 11.9 Å². The number of hydrogen-bond donors (Lipinski definition) is 2. The van der Waals surface area contributed by atoms with Crippen molar-refractivity contribution in [2.75, 3.05) is 13.2 Å². The third kappa shape index (κ3) is 4.48. The molecule has 0 fully saturated rings. The second kappa shape index (κ2) is 8.71. The van der Waals surface area contributed by atoms with Crippen LogP contribution in [0.1, 0.15) is 47.2 Å². The SMILES string of the molecule is CCC(C(=O)O)C1CCc2cc(OCCNC(=O)c3ccccc3)ccc21. The zero-order valence-corrected chi connectivity index (χ0v) is 15.5. The molecule has 1 aliphatic carbocycles. The molecule has 0 aliphatic heterocycles. The molecule has 27 heavy (non-hydrogen) atoms. The molecule has 0 bridgehead atoms. The van der Waals surface area contributed by atoms with E-state index >= 15 is 0 Å². The first-order valence-corrected chi connectivity index (χ1v) is 9.41. The molecule has 5 nitrogen and oxygen atoms in total. The van der Waals surface area contributed by atoms with Crippen molar-refractivity contribution in [1.82, 2.24) is 5.32 Å². The molecule has 0 saturated heterocycles. The molecule has 5 heteroatoms. The molecule has 142 valence electrons. The van der Waals surface area contributed by atoms with Gasteiger partial charge in [-0.2, -0.15) is 0 Å². The number of carboxylic acid groups (broad SMARTS) is 1. The van der Waals surface area contributed by atoms with Crippen LogP contribution in [0, 0.1) is 5.92 Å². The van der Waals surface area contributed by atoms with E-state index in [4.69, 9.17) is 4.74 Å². The number of aliphatic carboxylic acids is 1.